The Bertz CT molecular complexity index is 653. The molecule has 0 aliphatic carbocycles. The predicted molar refractivity (Wildman–Crippen MR) is 93.6 cm³/mol. The predicted octanol–water partition coefficient (Wildman–Crippen LogP) is -0.220. The van der Waals surface area contributed by atoms with E-state index in [2.05, 4.69) is 25.8 Å². The van der Waals surface area contributed by atoms with Crippen LogP contribution in [-0.2, 0) is 4.79 Å². The van der Waals surface area contributed by atoms with Crippen LogP contribution in [0.1, 0.15) is 0 Å². The second-order valence-electron chi connectivity index (χ2n) is 6.32. The first-order valence-corrected chi connectivity index (χ1v) is 8.53. The average molecular weight is 341 g/mol. The number of carbonyl (C=O) groups is 1. The summed E-state index contributed by atoms with van der Waals surface area (Å²) in [6, 6.07) is 3.87. The van der Waals surface area contributed by atoms with Crippen LogP contribution >= 0.6 is 0 Å². The number of piperazine rings is 2. The van der Waals surface area contributed by atoms with E-state index in [1.165, 1.54) is 0 Å². The molecule has 0 aromatic carbocycles. The molecular formula is C17H23N7O. The normalized spacial score (nSPS) is 19.7. The molecule has 0 spiro atoms. The third-order valence-electron chi connectivity index (χ3n) is 4.60. The summed E-state index contributed by atoms with van der Waals surface area (Å²) >= 11 is 0. The standard InChI is InChI=1S/C17H23N7O/c1-21-5-9-23(10-6-21)16(25)15(13-18)14-22-7-11-24(12-8-22)17-19-3-2-4-20-17/h2-4,14H,5-12H2,1H3/b15-14-. The number of amides is 1. The smallest absolute Gasteiger partial charge is 0.266 e. The van der Waals surface area contributed by atoms with Gasteiger partial charge in [-0.15, -0.1) is 0 Å². The lowest BCUT2D eigenvalue weighted by molar-refractivity contribution is -0.128. The van der Waals surface area contributed by atoms with Gasteiger partial charge < -0.3 is 19.6 Å². The SMILES string of the molecule is CN1CCN(C(=O)/C(C#N)=C\N2CCN(c3ncccn3)CC2)CC1. The average Bonchev–Trinajstić information content (AvgIpc) is 2.67. The van der Waals surface area contributed by atoms with Crippen molar-refractivity contribution < 1.29 is 4.79 Å². The fourth-order valence-electron chi connectivity index (χ4n) is 3.00. The van der Waals surface area contributed by atoms with Crippen molar-refractivity contribution in [3.63, 3.8) is 0 Å². The Morgan fingerprint density at radius 3 is 2.32 bits per heavy atom. The monoisotopic (exact) mass is 341 g/mol. The van der Waals surface area contributed by atoms with Gasteiger partial charge in [0.25, 0.3) is 5.91 Å². The second kappa shape index (κ2) is 7.94. The molecule has 2 fully saturated rings. The Labute approximate surface area is 148 Å². The lowest BCUT2D eigenvalue weighted by Crippen LogP contribution is -2.48. The summed E-state index contributed by atoms with van der Waals surface area (Å²) in [7, 11) is 2.04. The van der Waals surface area contributed by atoms with Crippen LogP contribution < -0.4 is 4.90 Å². The topological polar surface area (TPSA) is 79.6 Å². The van der Waals surface area contributed by atoms with Crippen LogP contribution in [0, 0.1) is 11.3 Å². The van der Waals surface area contributed by atoms with Crippen molar-refractivity contribution in [2.24, 2.45) is 0 Å². The van der Waals surface area contributed by atoms with E-state index in [0.717, 1.165) is 45.2 Å². The van der Waals surface area contributed by atoms with Crippen molar-refractivity contribution in [3.8, 4) is 6.07 Å². The molecule has 132 valence electrons. The van der Waals surface area contributed by atoms with Crippen LogP contribution in [0.4, 0.5) is 5.95 Å². The summed E-state index contributed by atoms with van der Waals surface area (Å²) in [5, 5.41) is 9.41. The van der Waals surface area contributed by atoms with E-state index in [1.807, 2.05) is 11.9 Å². The van der Waals surface area contributed by atoms with Gasteiger partial charge in [-0.2, -0.15) is 5.26 Å². The lowest BCUT2D eigenvalue weighted by Gasteiger charge is -2.35. The molecule has 1 amide bonds. The van der Waals surface area contributed by atoms with Crippen molar-refractivity contribution >= 4 is 11.9 Å². The Hall–Kier alpha value is -2.66. The molecule has 0 saturated carbocycles. The van der Waals surface area contributed by atoms with Gasteiger partial charge in [0.1, 0.15) is 11.6 Å². The Kier molecular flexibility index (Phi) is 5.46. The first-order valence-electron chi connectivity index (χ1n) is 8.53. The molecule has 2 aliphatic heterocycles. The molecule has 0 radical (unpaired) electrons. The van der Waals surface area contributed by atoms with Crippen LogP contribution in [0.25, 0.3) is 0 Å². The van der Waals surface area contributed by atoms with Gasteiger partial charge in [0.05, 0.1) is 0 Å². The zero-order chi connectivity index (χ0) is 17.6. The van der Waals surface area contributed by atoms with Gasteiger partial charge in [0.2, 0.25) is 5.95 Å². The van der Waals surface area contributed by atoms with E-state index in [9.17, 15) is 10.1 Å². The molecule has 0 atom stereocenters. The van der Waals surface area contributed by atoms with Gasteiger partial charge in [0, 0.05) is 71.0 Å². The molecule has 8 heteroatoms. The minimum atomic E-state index is -0.163. The number of nitrogens with zero attached hydrogens (tertiary/aromatic N) is 7. The first-order chi connectivity index (χ1) is 12.2. The van der Waals surface area contributed by atoms with E-state index < -0.39 is 0 Å². The number of likely N-dealkylation sites (N-methyl/N-ethyl adjacent to an activating group) is 1. The van der Waals surface area contributed by atoms with Crippen LogP contribution in [0.2, 0.25) is 0 Å². The number of anilines is 1. The lowest BCUT2D eigenvalue weighted by atomic mass is 10.2. The van der Waals surface area contributed by atoms with Crippen LogP contribution in [0.15, 0.2) is 30.2 Å². The molecule has 8 nitrogen and oxygen atoms in total. The summed E-state index contributed by atoms with van der Waals surface area (Å²) in [4.78, 5) is 29.2. The largest absolute Gasteiger partial charge is 0.373 e. The Morgan fingerprint density at radius 2 is 1.72 bits per heavy atom. The molecule has 1 aromatic rings. The minimum Gasteiger partial charge on any atom is -0.373 e. The summed E-state index contributed by atoms with van der Waals surface area (Å²) in [6.45, 7) is 6.05. The fourth-order valence-corrected chi connectivity index (χ4v) is 3.00. The van der Waals surface area contributed by atoms with Crippen molar-refractivity contribution in [2.75, 3.05) is 64.3 Å². The van der Waals surface area contributed by atoms with Gasteiger partial charge in [-0.25, -0.2) is 9.97 Å². The van der Waals surface area contributed by atoms with Crippen LogP contribution in [0.3, 0.4) is 0 Å². The second-order valence-corrected chi connectivity index (χ2v) is 6.32. The highest BCUT2D eigenvalue weighted by molar-refractivity contribution is 5.97. The van der Waals surface area contributed by atoms with Crippen molar-refractivity contribution in [1.29, 1.82) is 5.26 Å². The van der Waals surface area contributed by atoms with E-state index in [4.69, 9.17) is 0 Å². The molecule has 2 aliphatic rings. The van der Waals surface area contributed by atoms with E-state index in [1.54, 1.807) is 29.6 Å². The maximum Gasteiger partial charge on any atom is 0.266 e. The maximum absolute atomic E-state index is 12.6. The van der Waals surface area contributed by atoms with Gasteiger partial charge in [0.15, 0.2) is 0 Å². The zero-order valence-corrected chi connectivity index (χ0v) is 14.5. The van der Waals surface area contributed by atoms with Crippen LogP contribution in [0.5, 0.6) is 0 Å². The van der Waals surface area contributed by atoms with Crippen molar-refractivity contribution in [2.45, 2.75) is 0 Å². The van der Waals surface area contributed by atoms with Gasteiger partial charge >= 0.3 is 0 Å². The first kappa shape index (κ1) is 17.2. The fraction of sp³-hybridized carbons (Fsp3) is 0.529. The third-order valence-corrected chi connectivity index (χ3v) is 4.60. The van der Waals surface area contributed by atoms with Gasteiger partial charge in [-0.05, 0) is 13.1 Å². The maximum atomic E-state index is 12.6. The molecule has 3 heterocycles. The summed E-state index contributed by atoms with van der Waals surface area (Å²) < 4.78 is 0. The van der Waals surface area contributed by atoms with E-state index in [-0.39, 0.29) is 11.5 Å². The zero-order valence-electron chi connectivity index (χ0n) is 14.5. The highest BCUT2D eigenvalue weighted by Gasteiger charge is 2.24. The summed E-state index contributed by atoms with van der Waals surface area (Å²) in [5.41, 5.74) is 0.217. The van der Waals surface area contributed by atoms with Crippen molar-refractivity contribution in [1.82, 2.24) is 24.7 Å². The number of rotatable bonds is 3. The van der Waals surface area contributed by atoms with E-state index >= 15 is 0 Å². The summed E-state index contributed by atoms with van der Waals surface area (Å²) in [5.74, 6) is 0.560. The van der Waals surface area contributed by atoms with E-state index in [0.29, 0.717) is 13.1 Å². The molecule has 0 bridgehead atoms. The molecule has 0 N–H and O–H groups in total. The molecule has 2 saturated heterocycles. The molecule has 0 unspecified atom stereocenters. The quantitative estimate of drug-likeness (QED) is 0.555. The van der Waals surface area contributed by atoms with Gasteiger partial charge in [-0.1, -0.05) is 0 Å². The molecular weight excluding hydrogens is 318 g/mol. The minimum absolute atomic E-state index is 0.163. The Morgan fingerprint density at radius 1 is 1.08 bits per heavy atom. The van der Waals surface area contributed by atoms with Crippen molar-refractivity contribution in [3.05, 3.63) is 30.2 Å². The number of hydrogen-bond donors (Lipinski definition) is 0. The molecule has 25 heavy (non-hydrogen) atoms. The number of aromatic nitrogens is 2. The van der Waals surface area contributed by atoms with Crippen LogP contribution in [-0.4, -0.2) is 90.0 Å². The highest BCUT2D eigenvalue weighted by atomic mass is 16.2. The Balaban J connectivity index is 1.58. The highest BCUT2D eigenvalue weighted by Crippen LogP contribution is 2.12. The molecule has 1 aromatic heterocycles. The molecule has 3 rings (SSSR count). The van der Waals surface area contributed by atoms with Gasteiger partial charge in [-0.3, -0.25) is 4.79 Å². The number of nitriles is 1. The summed E-state index contributed by atoms with van der Waals surface area (Å²) in [6.07, 6.45) is 5.18. The third kappa shape index (κ3) is 4.25. The number of carbonyl (C=O) groups excluding carboxylic acids is 1. The number of hydrogen-bond acceptors (Lipinski definition) is 7.